The van der Waals surface area contributed by atoms with Crippen LogP contribution in [-0.2, 0) is 0 Å². The lowest BCUT2D eigenvalue weighted by Gasteiger charge is -2.15. The number of aromatic nitrogens is 1. The van der Waals surface area contributed by atoms with E-state index in [-0.39, 0.29) is 0 Å². The van der Waals surface area contributed by atoms with Gasteiger partial charge in [-0.1, -0.05) is 176 Å². The van der Waals surface area contributed by atoms with Gasteiger partial charge in [-0.3, -0.25) is 0 Å². The number of benzene rings is 10. The SMILES string of the molecule is c1ccc(-c2ccc3c(c2)-c2ccccc2-c2cccc4c5cc(-c6ccc(-c7cccc(-c8ccccc8Nc8ccc9ccccc9c8)c7)cc6)ccc5n-3c24)cc1. The Kier molecular flexibility index (Phi) is 7.89. The molecule has 280 valence electrons. The van der Waals surface area contributed by atoms with Gasteiger partial charge in [-0.25, -0.2) is 0 Å². The Hall–Kier alpha value is -7.94. The van der Waals surface area contributed by atoms with E-state index in [2.05, 4.69) is 234 Å². The highest BCUT2D eigenvalue weighted by Gasteiger charge is 2.25. The molecule has 0 saturated carbocycles. The minimum atomic E-state index is 1.08. The Morgan fingerprint density at radius 2 is 0.883 bits per heavy atom. The second-order valence-corrected chi connectivity index (χ2v) is 15.8. The van der Waals surface area contributed by atoms with Gasteiger partial charge in [0.05, 0.1) is 16.7 Å². The van der Waals surface area contributed by atoms with E-state index in [0.29, 0.717) is 0 Å². The molecule has 1 aliphatic rings. The van der Waals surface area contributed by atoms with E-state index in [4.69, 9.17) is 0 Å². The average molecular weight is 763 g/mol. The maximum atomic E-state index is 3.70. The summed E-state index contributed by atoms with van der Waals surface area (Å²) in [5, 5.41) is 8.69. The lowest BCUT2D eigenvalue weighted by Crippen LogP contribution is -1.96. The first kappa shape index (κ1) is 34.1. The van der Waals surface area contributed by atoms with Gasteiger partial charge in [-0.05, 0) is 109 Å². The number of nitrogens with one attached hydrogen (secondary N) is 1. The molecule has 12 rings (SSSR count). The Bertz CT molecular complexity index is 3450. The van der Waals surface area contributed by atoms with Crippen LogP contribution >= 0.6 is 0 Å². The van der Waals surface area contributed by atoms with E-state index in [9.17, 15) is 0 Å². The molecule has 0 bridgehead atoms. The van der Waals surface area contributed by atoms with Crippen LogP contribution in [0.1, 0.15) is 0 Å². The van der Waals surface area contributed by atoms with Crippen molar-refractivity contribution >= 4 is 44.0 Å². The number of anilines is 2. The normalized spacial score (nSPS) is 11.7. The predicted molar refractivity (Wildman–Crippen MR) is 254 cm³/mol. The second kappa shape index (κ2) is 13.9. The number of rotatable bonds is 6. The fraction of sp³-hybridized carbons (Fsp3) is 0. The van der Waals surface area contributed by atoms with Crippen molar-refractivity contribution in [3.8, 4) is 72.4 Å². The van der Waals surface area contributed by atoms with E-state index >= 15 is 0 Å². The van der Waals surface area contributed by atoms with Crippen LogP contribution in [0.4, 0.5) is 11.4 Å². The third-order valence-electron chi connectivity index (χ3n) is 12.3. The monoisotopic (exact) mass is 762 g/mol. The Labute approximate surface area is 349 Å². The van der Waals surface area contributed by atoms with E-state index in [1.165, 1.54) is 105 Å². The first-order valence-corrected chi connectivity index (χ1v) is 20.7. The zero-order valence-electron chi connectivity index (χ0n) is 32.8. The molecule has 0 radical (unpaired) electrons. The summed E-state index contributed by atoms with van der Waals surface area (Å²) in [6.07, 6.45) is 0. The Morgan fingerprint density at radius 1 is 0.300 bits per heavy atom. The van der Waals surface area contributed by atoms with Crippen molar-refractivity contribution in [2.24, 2.45) is 0 Å². The molecule has 0 unspecified atom stereocenters. The third kappa shape index (κ3) is 5.65. The average Bonchev–Trinajstić information content (AvgIpc) is 3.59. The van der Waals surface area contributed by atoms with Crippen LogP contribution in [0, 0.1) is 0 Å². The molecule has 0 amide bonds. The molecule has 1 aromatic heterocycles. The molecule has 1 N–H and O–H groups in total. The van der Waals surface area contributed by atoms with Crippen molar-refractivity contribution in [3.63, 3.8) is 0 Å². The summed E-state index contributed by atoms with van der Waals surface area (Å²) in [6, 6.07) is 81.9. The zero-order chi connectivity index (χ0) is 39.6. The molecule has 1 aliphatic heterocycles. The summed E-state index contributed by atoms with van der Waals surface area (Å²) in [5.74, 6) is 0. The van der Waals surface area contributed by atoms with Gasteiger partial charge in [0.2, 0.25) is 0 Å². The topological polar surface area (TPSA) is 17.0 Å². The molecule has 2 heteroatoms. The fourth-order valence-corrected chi connectivity index (χ4v) is 9.41. The third-order valence-corrected chi connectivity index (χ3v) is 12.3. The Morgan fingerprint density at radius 3 is 1.72 bits per heavy atom. The molecular weight excluding hydrogens is 725 g/mol. The van der Waals surface area contributed by atoms with Crippen LogP contribution in [0.15, 0.2) is 224 Å². The molecule has 0 spiro atoms. The zero-order valence-corrected chi connectivity index (χ0v) is 32.8. The highest BCUT2D eigenvalue weighted by Crippen LogP contribution is 2.48. The van der Waals surface area contributed by atoms with Crippen LogP contribution in [-0.4, -0.2) is 4.57 Å². The van der Waals surface area contributed by atoms with Crippen molar-refractivity contribution in [2.45, 2.75) is 0 Å². The molecule has 0 fully saturated rings. The van der Waals surface area contributed by atoms with E-state index in [1.807, 2.05) is 0 Å². The van der Waals surface area contributed by atoms with Crippen molar-refractivity contribution in [3.05, 3.63) is 224 Å². The van der Waals surface area contributed by atoms with E-state index in [1.54, 1.807) is 0 Å². The molecule has 11 aromatic rings. The Balaban J connectivity index is 0.905. The summed E-state index contributed by atoms with van der Waals surface area (Å²) in [4.78, 5) is 0. The van der Waals surface area contributed by atoms with Gasteiger partial charge >= 0.3 is 0 Å². The van der Waals surface area contributed by atoms with Crippen molar-refractivity contribution in [1.29, 1.82) is 0 Å². The fourth-order valence-electron chi connectivity index (χ4n) is 9.41. The quantitative estimate of drug-likeness (QED) is 0.179. The maximum absolute atomic E-state index is 3.70. The summed E-state index contributed by atoms with van der Waals surface area (Å²) in [5.41, 5.74) is 20.4. The minimum absolute atomic E-state index is 1.08. The summed E-state index contributed by atoms with van der Waals surface area (Å²) < 4.78 is 2.50. The minimum Gasteiger partial charge on any atom is -0.355 e. The number of hydrogen-bond acceptors (Lipinski definition) is 1. The van der Waals surface area contributed by atoms with Crippen LogP contribution in [0.3, 0.4) is 0 Å². The molecule has 60 heavy (non-hydrogen) atoms. The van der Waals surface area contributed by atoms with Crippen LogP contribution in [0.25, 0.3) is 105 Å². The first-order chi connectivity index (χ1) is 29.7. The van der Waals surface area contributed by atoms with Crippen LogP contribution < -0.4 is 5.32 Å². The molecule has 2 heterocycles. The van der Waals surface area contributed by atoms with E-state index < -0.39 is 0 Å². The van der Waals surface area contributed by atoms with Gasteiger partial charge in [-0.2, -0.15) is 0 Å². The largest absolute Gasteiger partial charge is 0.355 e. The summed E-state index contributed by atoms with van der Waals surface area (Å²) >= 11 is 0. The maximum Gasteiger partial charge on any atom is 0.0619 e. The first-order valence-electron chi connectivity index (χ1n) is 20.7. The van der Waals surface area contributed by atoms with Crippen molar-refractivity contribution in [2.75, 3.05) is 5.32 Å². The molecule has 10 aromatic carbocycles. The highest BCUT2D eigenvalue weighted by molar-refractivity contribution is 6.17. The lowest BCUT2D eigenvalue weighted by atomic mass is 9.91. The molecule has 0 atom stereocenters. The second-order valence-electron chi connectivity index (χ2n) is 15.8. The molecule has 2 nitrogen and oxygen atoms in total. The highest BCUT2D eigenvalue weighted by atomic mass is 15.0. The van der Waals surface area contributed by atoms with Gasteiger partial charge in [0.1, 0.15) is 0 Å². The predicted octanol–water partition coefficient (Wildman–Crippen LogP) is 16.0. The van der Waals surface area contributed by atoms with E-state index in [0.717, 1.165) is 11.4 Å². The van der Waals surface area contributed by atoms with Crippen LogP contribution in [0.2, 0.25) is 0 Å². The van der Waals surface area contributed by atoms with Gasteiger partial charge in [0.15, 0.2) is 0 Å². The molecular formula is C58H38N2. The van der Waals surface area contributed by atoms with Gasteiger partial charge < -0.3 is 9.88 Å². The van der Waals surface area contributed by atoms with Crippen molar-refractivity contribution in [1.82, 2.24) is 4.57 Å². The number of hydrogen-bond donors (Lipinski definition) is 1. The van der Waals surface area contributed by atoms with Crippen molar-refractivity contribution < 1.29 is 0 Å². The smallest absolute Gasteiger partial charge is 0.0619 e. The molecule has 0 saturated heterocycles. The number of fused-ring (bicyclic) bond motifs is 9. The molecule has 0 aliphatic carbocycles. The summed E-state index contributed by atoms with van der Waals surface area (Å²) in [6.45, 7) is 0. The van der Waals surface area contributed by atoms with Crippen LogP contribution in [0.5, 0.6) is 0 Å². The number of para-hydroxylation sites is 2. The summed E-state index contributed by atoms with van der Waals surface area (Å²) in [7, 11) is 0. The van der Waals surface area contributed by atoms with Gasteiger partial charge in [-0.15, -0.1) is 0 Å². The van der Waals surface area contributed by atoms with Gasteiger partial charge in [0.25, 0.3) is 0 Å². The lowest BCUT2D eigenvalue weighted by molar-refractivity contribution is 1.19. The standard InChI is InChI=1S/C58H38N2/c1-2-12-38(13-3-1)44-29-32-56-53(36-44)50-20-7-6-19-49(50)51-21-11-22-52-54-37-45(30-33-57(54)60(56)58(51)52)41-26-24-40(25-27-41)42-16-10-17-46(34-42)48-18-8-9-23-55(48)59-47-31-28-39-14-4-5-15-43(39)35-47/h1-37,59H. The van der Waals surface area contributed by atoms with Gasteiger partial charge in [0, 0.05) is 38.8 Å². The number of nitrogens with zero attached hydrogens (tertiary/aromatic N) is 1.